The minimum atomic E-state index is -0.102. The Morgan fingerprint density at radius 3 is 2.60 bits per heavy atom. The Morgan fingerprint density at radius 1 is 1.24 bits per heavy atom. The largest absolute Gasteiger partial charge is 0.469 e. The molecule has 1 aromatic heterocycles. The lowest BCUT2D eigenvalue weighted by molar-refractivity contribution is 0.153. The Bertz CT molecular complexity index is 675. The molecule has 0 spiro atoms. The van der Waals surface area contributed by atoms with Gasteiger partial charge in [0.1, 0.15) is 5.76 Å². The lowest BCUT2D eigenvalue weighted by atomic mass is 10.0. The van der Waals surface area contributed by atoms with E-state index in [4.69, 9.17) is 4.42 Å². The average Bonchev–Trinajstić information content (AvgIpc) is 3.06. The van der Waals surface area contributed by atoms with E-state index >= 15 is 0 Å². The molecule has 2 heterocycles. The number of hydrogen-bond acceptors (Lipinski definition) is 3. The van der Waals surface area contributed by atoms with Gasteiger partial charge in [0.15, 0.2) is 0 Å². The molecule has 5 heteroatoms. The molecule has 1 saturated heterocycles. The average molecular weight is 341 g/mol. The van der Waals surface area contributed by atoms with Gasteiger partial charge >= 0.3 is 6.03 Å². The van der Waals surface area contributed by atoms with Crippen molar-refractivity contribution in [1.82, 2.24) is 15.5 Å². The summed E-state index contributed by atoms with van der Waals surface area (Å²) < 4.78 is 5.24. The zero-order valence-electron chi connectivity index (χ0n) is 15.0. The highest BCUT2D eigenvalue weighted by molar-refractivity contribution is 5.74. The molecular formula is C20H27N3O2. The van der Waals surface area contributed by atoms with E-state index in [2.05, 4.69) is 52.8 Å². The van der Waals surface area contributed by atoms with Gasteiger partial charge in [-0.2, -0.15) is 0 Å². The van der Waals surface area contributed by atoms with Gasteiger partial charge < -0.3 is 15.1 Å². The SMILES string of the molecule is Cc1occc1CNC(=O)NC1CCN([C@H](C)c2ccccc2)CC1. The Hall–Kier alpha value is -2.27. The Morgan fingerprint density at radius 2 is 1.96 bits per heavy atom. The summed E-state index contributed by atoms with van der Waals surface area (Å²) >= 11 is 0. The summed E-state index contributed by atoms with van der Waals surface area (Å²) in [4.78, 5) is 14.6. The maximum Gasteiger partial charge on any atom is 0.315 e. The normalized spacial score (nSPS) is 17.2. The Balaban J connectivity index is 1.41. The number of nitrogens with one attached hydrogen (secondary N) is 2. The molecule has 2 aromatic rings. The second-order valence-electron chi connectivity index (χ2n) is 6.73. The highest BCUT2D eigenvalue weighted by Crippen LogP contribution is 2.23. The van der Waals surface area contributed by atoms with Crippen LogP contribution < -0.4 is 10.6 Å². The summed E-state index contributed by atoms with van der Waals surface area (Å²) in [5.41, 5.74) is 2.36. The zero-order valence-corrected chi connectivity index (χ0v) is 15.0. The number of piperidine rings is 1. The minimum Gasteiger partial charge on any atom is -0.469 e. The molecule has 0 unspecified atom stereocenters. The van der Waals surface area contributed by atoms with Gasteiger partial charge in [-0.3, -0.25) is 4.90 Å². The number of urea groups is 1. The molecule has 2 N–H and O–H groups in total. The van der Waals surface area contributed by atoms with Crippen LogP contribution >= 0.6 is 0 Å². The number of carbonyl (C=O) groups is 1. The molecule has 3 rings (SSSR count). The predicted molar refractivity (Wildman–Crippen MR) is 98.3 cm³/mol. The van der Waals surface area contributed by atoms with Crippen molar-refractivity contribution in [2.24, 2.45) is 0 Å². The second kappa shape index (κ2) is 8.21. The van der Waals surface area contributed by atoms with Gasteiger partial charge in [0, 0.05) is 37.3 Å². The van der Waals surface area contributed by atoms with Gasteiger partial charge in [0.05, 0.1) is 6.26 Å². The first-order valence-corrected chi connectivity index (χ1v) is 9.00. The highest BCUT2D eigenvalue weighted by Gasteiger charge is 2.24. The van der Waals surface area contributed by atoms with E-state index in [1.807, 2.05) is 13.0 Å². The van der Waals surface area contributed by atoms with Crippen molar-refractivity contribution in [3.05, 3.63) is 59.5 Å². The molecule has 25 heavy (non-hydrogen) atoms. The van der Waals surface area contributed by atoms with E-state index in [1.165, 1.54) is 5.56 Å². The van der Waals surface area contributed by atoms with Crippen LogP contribution in [0.5, 0.6) is 0 Å². The van der Waals surface area contributed by atoms with Crippen molar-refractivity contribution >= 4 is 6.03 Å². The molecule has 0 bridgehead atoms. The van der Waals surface area contributed by atoms with E-state index in [-0.39, 0.29) is 12.1 Å². The molecular weight excluding hydrogens is 314 g/mol. The highest BCUT2D eigenvalue weighted by atomic mass is 16.3. The molecule has 2 amide bonds. The summed E-state index contributed by atoms with van der Waals surface area (Å²) in [5.74, 6) is 0.850. The quantitative estimate of drug-likeness (QED) is 0.873. The summed E-state index contributed by atoms with van der Waals surface area (Å²) in [6.45, 7) is 6.66. The summed E-state index contributed by atoms with van der Waals surface area (Å²) in [5, 5.41) is 6.00. The fourth-order valence-corrected chi connectivity index (χ4v) is 3.38. The van der Waals surface area contributed by atoms with Crippen LogP contribution in [0.4, 0.5) is 4.79 Å². The maximum atomic E-state index is 12.1. The Labute approximate surface area is 149 Å². The fraction of sp³-hybridized carbons (Fsp3) is 0.450. The van der Waals surface area contributed by atoms with Crippen LogP contribution in [0.15, 0.2) is 47.1 Å². The summed E-state index contributed by atoms with van der Waals surface area (Å²) in [6.07, 6.45) is 3.61. The number of furan rings is 1. The first-order chi connectivity index (χ1) is 12.1. The molecule has 0 saturated carbocycles. The molecule has 1 aliphatic rings. The number of carbonyl (C=O) groups excluding carboxylic acids is 1. The number of hydrogen-bond donors (Lipinski definition) is 2. The molecule has 5 nitrogen and oxygen atoms in total. The molecule has 0 aliphatic carbocycles. The minimum absolute atomic E-state index is 0.102. The number of aryl methyl sites for hydroxylation is 1. The van der Waals surface area contributed by atoms with Gasteiger partial charge in [-0.25, -0.2) is 4.79 Å². The van der Waals surface area contributed by atoms with Crippen molar-refractivity contribution in [3.8, 4) is 0 Å². The lowest BCUT2D eigenvalue weighted by Crippen LogP contribution is -2.48. The van der Waals surface area contributed by atoms with Crippen LogP contribution in [0.2, 0.25) is 0 Å². The van der Waals surface area contributed by atoms with Crippen LogP contribution in [0.25, 0.3) is 0 Å². The number of benzene rings is 1. The van der Waals surface area contributed by atoms with Crippen molar-refractivity contribution in [2.45, 2.75) is 45.3 Å². The lowest BCUT2D eigenvalue weighted by Gasteiger charge is -2.36. The van der Waals surface area contributed by atoms with Gasteiger partial charge in [-0.1, -0.05) is 30.3 Å². The summed E-state index contributed by atoms with van der Waals surface area (Å²) in [7, 11) is 0. The second-order valence-corrected chi connectivity index (χ2v) is 6.73. The van der Waals surface area contributed by atoms with Gasteiger partial charge in [0.25, 0.3) is 0 Å². The van der Waals surface area contributed by atoms with Crippen LogP contribution in [-0.2, 0) is 6.54 Å². The van der Waals surface area contributed by atoms with Gasteiger partial charge in [-0.15, -0.1) is 0 Å². The van der Waals surface area contributed by atoms with E-state index in [1.54, 1.807) is 6.26 Å². The van der Waals surface area contributed by atoms with Gasteiger partial charge in [0.2, 0.25) is 0 Å². The van der Waals surface area contributed by atoms with Crippen molar-refractivity contribution in [2.75, 3.05) is 13.1 Å². The molecule has 134 valence electrons. The standard InChI is InChI=1S/C20H27N3O2/c1-15(17-6-4-3-5-7-17)23-11-8-19(9-12-23)22-20(24)21-14-18-10-13-25-16(18)2/h3-7,10,13,15,19H,8-9,11-12,14H2,1-2H3,(H2,21,22,24)/t15-/m1/s1. The monoisotopic (exact) mass is 341 g/mol. The first-order valence-electron chi connectivity index (χ1n) is 9.00. The topological polar surface area (TPSA) is 57.5 Å². The van der Waals surface area contributed by atoms with E-state index in [9.17, 15) is 4.79 Å². The summed E-state index contributed by atoms with van der Waals surface area (Å²) in [6, 6.07) is 13.0. The fourth-order valence-electron chi connectivity index (χ4n) is 3.38. The molecule has 1 aliphatic heterocycles. The van der Waals surface area contributed by atoms with Crippen LogP contribution in [0.3, 0.4) is 0 Å². The van der Waals surface area contributed by atoms with E-state index in [0.717, 1.165) is 37.3 Å². The third-order valence-corrected chi connectivity index (χ3v) is 5.10. The van der Waals surface area contributed by atoms with Crippen LogP contribution in [-0.4, -0.2) is 30.1 Å². The predicted octanol–water partition coefficient (Wildman–Crippen LogP) is 3.61. The third-order valence-electron chi connectivity index (χ3n) is 5.10. The molecule has 0 radical (unpaired) electrons. The third kappa shape index (κ3) is 4.63. The maximum absolute atomic E-state index is 12.1. The zero-order chi connectivity index (χ0) is 17.6. The Kier molecular flexibility index (Phi) is 5.76. The number of nitrogens with zero attached hydrogens (tertiary/aromatic N) is 1. The number of amides is 2. The first kappa shape index (κ1) is 17.5. The molecule has 1 atom stereocenters. The van der Waals surface area contributed by atoms with Gasteiger partial charge in [-0.05, 0) is 38.3 Å². The smallest absolute Gasteiger partial charge is 0.315 e. The number of rotatable bonds is 5. The van der Waals surface area contributed by atoms with Crippen LogP contribution in [0.1, 0.15) is 42.7 Å². The van der Waals surface area contributed by atoms with E-state index in [0.29, 0.717) is 12.6 Å². The van der Waals surface area contributed by atoms with E-state index < -0.39 is 0 Å². The molecule has 1 aromatic carbocycles. The number of likely N-dealkylation sites (tertiary alicyclic amines) is 1. The van der Waals surface area contributed by atoms with Crippen LogP contribution in [0, 0.1) is 6.92 Å². The van der Waals surface area contributed by atoms with Crippen molar-refractivity contribution in [1.29, 1.82) is 0 Å². The van der Waals surface area contributed by atoms with Crippen molar-refractivity contribution in [3.63, 3.8) is 0 Å². The van der Waals surface area contributed by atoms with Crippen molar-refractivity contribution < 1.29 is 9.21 Å². The molecule has 1 fully saturated rings.